The molecule has 106 valence electrons. The lowest BCUT2D eigenvalue weighted by Gasteiger charge is -2.08. The second-order valence-corrected chi connectivity index (χ2v) is 4.41. The van der Waals surface area contributed by atoms with Crippen LogP contribution in [-0.4, -0.2) is 20.6 Å². The zero-order chi connectivity index (χ0) is 14.7. The minimum atomic E-state index is -0.464. The van der Waals surface area contributed by atoms with Crippen molar-refractivity contribution in [2.45, 2.75) is 6.54 Å². The molecular weight excluding hydrogens is 276 g/mol. The van der Waals surface area contributed by atoms with E-state index in [0.29, 0.717) is 5.82 Å². The Kier molecular flexibility index (Phi) is 3.55. The first-order chi connectivity index (χ1) is 10.2. The van der Waals surface area contributed by atoms with E-state index in [-0.39, 0.29) is 12.1 Å². The van der Waals surface area contributed by atoms with Crippen molar-refractivity contribution >= 4 is 5.69 Å². The first kappa shape index (κ1) is 13.2. The van der Waals surface area contributed by atoms with Crippen LogP contribution in [-0.2, 0) is 6.54 Å². The zero-order valence-electron chi connectivity index (χ0n) is 10.8. The largest absolute Gasteiger partial charge is 0.381 e. The topological polar surface area (TPSA) is 66.5 Å². The van der Waals surface area contributed by atoms with Crippen molar-refractivity contribution < 1.29 is 8.78 Å². The van der Waals surface area contributed by atoms with E-state index in [9.17, 15) is 8.78 Å². The molecule has 0 atom stereocenters. The molecule has 0 aliphatic rings. The van der Waals surface area contributed by atoms with Gasteiger partial charge in [0.2, 0.25) is 5.82 Å². The van der Waals surface area contributed by atoms with Gasteiger partial charge < -0.3 is 5.32 Å². The SMILES string of the molecule is Fc1ccc(F)c(CNc2cccc(-c3nn[nH]n3)c2)c1. The van der Waals surface area contributed by atoms with Crippen molar-refractivity contribution in [1.82, 2.24) is 20.6 Å². The third kappa shape index (κ3) is 3.02. The smallest absolute Gasteiger partial charge is 0.204 e. The van der Waals surface area contributed by atoms with Crippen LogP contribution in [0.4, 0.5) is 14.5 Å². The molecule has 0 unspecified atom stereocenters. The average Bonchev–Trinajstić information content (AvgIpc) is 3.03. The van der Waals surface area contributed by atoms with E-state index >= 15 is 0 Å². The van der Waals surface area contributed by atoms with Crippen LogP contribution in [0.15, 0.2) is 42.5 Å². The molecule has 0 saturated carbocycles. The minimum absolute atomic E-state index is 0.180. The Hall–Kier alpha value is -2.83. The molecule has 0 radical (unpaired) electrons. The number of rotatable bonds is 4. The van der Waals surface area contributed by atoms with Crippen LogP contribution in [0.3, 0.4) is 0 Å². The lowest BCUT2D eigenvalue weighted by atomic mass is 10.1. The van der Waals surface area contributed by atoms with Gasteiger partial charge in [0.05, 0.1) is 0 Å². The van der Waals surface area contributed by atoms with Gasteiger partial charge in [-0.3, -0.25) is 0 Å². The summed E-state index contributed by atoms with van der Waals surface area (Å²) in [4.78, 5) is 0. The van der Waals surface area contributed by atoms with Crippen LogP contribution >= 0.6 is 0 Å². The highest BCUT2D eigenvalue weighted by molar-refractivity contribution is 5.61. The van der Waals surface area contributed by atoms with Crippen molar-refractivity contribution in [2.75, 3.05) is 5.32 Å². The van der Waals surface area contributed by atoms with E-state index in [1.54, 1.807) is 0 Å². The van der Waals surface area contributed by atoms with Gasteiger partial charge in [0.1, 0.15) is 11.6 Å². The van der Waals surface area contributed by atoms with Gasteiger partial charge in [-0.25, -0.2) is 8.78 Å². The fraction of sp³-hybridized carbons (Fsp3) is 0.0714. The fourth-order valence-corrected chi connectivity index (χ4v) is 1.93. The molecule has 3 rings (SSSR count). The van der Waals surface area contributed by atoms with E-state index in [1.807, 2.05) is 24.3 Å². The molecule has 2 N–H and O–H groups in total. The average molecular weight is 287 g/mol. The van der Waals surface area contributed by atoms with Crippen molar-refractivity contribution in [3.63, 3.8) is 0 Å². The summed E-state index contributed by atoms with van der Waals surface area (Å²) in [6.07, 6.45) is 0. The number of hydrogen-bond acceptors (Lipinski definition) is 4. The van der Waals surface area contributed by atoms with Crippen molar-refractivity contribution in [2.24, 2.45) is 0 Å². The number of nitrogens with zero attached hydrogens (tertiary/aromatic N) is 3. The Labute approximate surface area is 119 Å². The molecule has 0 fully saturated rings. The van der Waals surface area contributed by atoms with Crippen LogP contribution in [0.1, 0.15) is 5.56 Å². The van der Waals surface area contributed by atoms with Gasteiger partial charge >= 0.3 is 0 Å². The Balaban J connectivity index is 1.76. The summed E-state index contributed by atoms with van der Waals surface area (Å²) in [6.45, 7) is 0.180. The summed E-state index contributed by atoms with van der Waals surface area (Å²) in [6, 6.07) is 10.7. The number of aromatic nitrogens is 4. The van der Waals surface area contributed by atoms with E-state index < -0.39 is 11.6 Å². The molecule has 1 heterocycles. The maximum atomic E-state index is 13.5. The zero-order valence-corrected chi connectivity index (χ0v) is 10.8. The van der Waals surface area contributed by atoms with Gasteiger partial charge in [0.25, 0.3) is 0 Å². The molecule has 21 heavy (non-hydrogen) atoms. The monoisotopic (exact) mass is 287 g/mol. The molecule has 0 saturated heterocycles. The van der Waals surface area contributed by atoms with Crippen molar-refractivity contribution in [3.05, 3.63) is 59.7 Å². The third-order valence-electron chi connectivity index (χ3n) is 2.96. The molecule has 0 amide bonds. The quantitative estimate of drug-likeness (QED) is 0.774. The summed E-state index contributed by atoms with van der Waals surface area (Å²) in [5.74, 6) is -0.442. The molecule has 5 nitrogen and oxygen atoms in total. The molecule has 0 aliphatic carbocycles. The second-order valence-electron chi connectivity index (χ2n) is 4.41. The maximum absolute atomic E-state index is 13.5. The summed E-state index contributed by atoms with van der Waals surface area (Å²) in [5, 5.41) is 16.7. The second kappa shape index (κ2) is 5.66. The van der Waals surface area contributed by atoms with Gasteiger partial charge in [-0.2, -0.15) is 5.21 Å². The highest BCUT2D eigenvalue weighted by Crippen LogP contribution is 2.19. The summed E-state index contributed by atoms with van der Waals surface area (Å²) in [5.41, 5.74) is 1.79. The van der Waals surface area contributed by atoms with Gasteiger partial charge in [-0.15, -0.1) is 10.2 Å². The van der Waals surface area contributed by atoms with Crippen molar-refractivity contribution in [3.8, 4) is 11.4 Å². The van der Waals surface area contributed by atoms with E-state index in [2.05, 4.69) is 25.9 Å². The number of hydrogen-bond donors (Lipinski definition) is 2. The molecule has 0 aliphatic heterocycles. The predicted octanol–water partition coefficient (Wildman–Crippen LogP) is 2.76. The molecular formula is C14H11F2N5. The normalized spacial score (nSPS) is 10.6. The Morgan fingerprint density at radius 2 is 2.00 bits per heavy atom. The van der Waals surface area contributed by atoms with Crippen LogP contribution in [0.2, 0.25) is 0 Å². The number of aromatic amines is 1. The third-order valence-corrected chi connectivity index (χ3v) is 2.96. The van der Waals surface area contributed by atoms with Gasteiger partial charge in [-0.05, 0) is 35.5 Å². The molecule has 2 aromatic carbocycles. The maximum Gasteiger partial charge on any atom is 0.204 e. The highest BCUT2D eigenvalue weighted by atomic mass is 19.1. The van der Waals surface area contributed by atoms with Gasteiger partial charge in [0, 0.05) is 23.4 Å². The molecule has 0 bridgehead atoms. The number of halogens is 2. The van der Waals surface area contributed by atoms with E-state index in [0.717, 1.165) is 23.4 Å². The van der Waals surface area contributed by atoms with Crippen LogP contribution in [0.25, 0.3) is 11.4 Å². The van der Waals surface area contributed by atoms with Gasteiger partial charge in [0.15, 0.2) is 0 Å². The number of benzene rings is 2. The lowest BCUT2D eigenvalue weighted by Crippen LogP contribution is -2.02. The van der Waals surface area contributed by atoms with Crippen LogP contribution < -0.4 is 5.32 Å². The molecule has 7 heteroatoms. The molecule has 0 spiro atoms. The first-order valence-electron chi connectivity index (χ1n) is 6.24. The fourth-order valence-electron chi connectivity index (χ4n) is 1.93. The summed E-state index contributed by atoms with van der Waals surface area (Å²) in [7, 11) is 0. The predicted molar refractivity (Wildman–Crippen MR) is 73.3 cm³/mol. The number of anilines is 1. The number of nitrogens with one attached hydrogen (secondary N) is 2. The van der Waals surface area contributed by atoms with Gasteiger partial charge in [-0.1, -0.05) is 12.1 Å². The van der Waals surface area contributed by atoms with Crippen molar-refractivity contribution in [1.29, 1.82) is 0 Å². The first-order valence-corrected chi connectivity index (χ1v) is 6.24. The number of H-pyrrole nitrogens is 1. The minimum Gasteiger partial charge on any atom is -0.381 e. The number of tetrazole rings is 1. The lowest BCUT2D eigenvalue weighted by molar-refractivity contribution is 0.587. The van der Waals surface area contributed by atoms with Crippen LogP contribution in [0.5, 0.6) is 0 Å². The summed E-state index contributed by atoms with van der Waals surface area (Å²) < 4.78 is 26.6. The Bertz CT molecular complexity index is 743. The Morgan fingerprint density at radius 3 is 2.81 bits per heavy atom. The van der Waals surface area contributed by atoms with E-state index in [1.165, 1.54) is 6.07 Å². The molecule has 3 aromatic rings. The highest BCUT2D eigenvalue weighted by Gasteiger charge is 2.06. The summed E-state index contributed by atoms with van der Waals surface area (Å²) >= 11 is 0. The standard InChI is InChI=1S/C14H11F2N5/c15-11-4-5-13(16)10(6-11)8-17-12-3-1-2-9(7-12)14-18-20-21-19-14/h1-7,17H,8H2,(H,18,19,20,21). The molecule has 1 aromatic heterocycles. The Morgan fingerprint density at radius 1 is 1.10 bits per heavy atom. The van der Waals surface area contributed by atoms with Crippen LogP contribution in [0, 0.1) is 11.6 Å². The van der Waals surface area contributed by atoms with E-state index in [4.69, 9.17) is 0 Å².